The smallest absolute Gasteiger partial charge is 0.254 e. The van der Waals surface area contributed by atoms with E-state index < -0.39 is 0 Å². The van der Waals surface area contributed by atoms with Gasteiger partial charge in [0.1, 0.15) is 0 Å². The zero-order valence-corrected chi connectivity index (χ0v) is 14.7. The highest BCUT2D eigenvalue weighted by Gasteiger charge is 2.18. The lowest BCUT2D eigenvalue weighted by atomic mass is 9.86. The normalized spacial score (nSPS) is 11.5. The first-order valence-corrected chi connectivity index (χ1v) is 8.77. The molecule has 2 nitrogen and oxygen atoms in total. The molecule has 0 spiro atoms. The van der Waals surface area contributed by atoms with Gasteiger partial charge in [-0.05, 0) is 51.9 Å². The second-order valence-corrected chi connectivity index (χ2v) is 7.47. The van der Waals surface area contributed by atoms with Gasteiger partial charge in [-0.2, -0.15) is 11.3 Å². The molecule has 0 saturated carbocycles. The molecule has 0 unspecified atom stereocenters. The summed E-state index contributed by atoms with van der Waals surface area (Å²) in [5.74, 6) is 0.119. The van der Waals surface area contributed by atoms with Gasteiger partial charge in [0.15, 0.2) is 0 Å². The summed E-state index contributed by atoms with van der Waals surface area (Å²) in [4.78, 5) is 14.7. The number of hydrogen-bond donors (Lipinski definition) is 0. The molecule has 118 valence electrons. The molecule has 22 heavy (non-hydrogen) atoms. The van der Waals surface area contributed by atoms with Gasteiger partial charge in [-0.3, -0.25) is 4.79 Å². The van der Waals surface area contributed by atoms with E-state index in [4.69, 9.17) is 0 Å². The molecule has 1 amide bonds. The molecule has 0 aliphatic rings. The fourth-order valence-corrected chi connectivity index (χ4v) is 3.08. The van der Waals surface area contributed by atoms with Crippen molar-refractivity contribution < 1.29 is 4.79 Å². The monoisotopic (exact) mass is 315 g/mol. The van der Waals surface area contributed by atoms with Crippen LogP contribution in [0.3, 0.4) is 0 Å². The topological polar surface area (TPSA) is 20.3 Å². The quantitative estimate of drug-likeness (QED) is 0.752. The van der Waals surface area contributed by atoms with E-state index in [1.54, 1.807) is 11.3 Å². The Balaban J connectivity index is 2.16. The van der Waals surface area contributed by atoms with E-state index in [-0.39, 0.29) is 11.3 Å². The Morgan fingerprint density at radius 3 is 2.32 bits per heavy atom. The van der Waals surface area contributed by atoms with Crippen molar-refractivity contribution >= 4 is 17.2 Å². The van der Waals surface area contributed by atoms with E-state index in [1.165, 1.54) is 11.1 Å². The minimum absolute atomic E-state index is 0.112. The van der Waals surface area contributed by atoms with Gasteiger partial charge in [-0.25, -0.2) is 0 Å². The summed E-state index contributed by atoms with van der Waals surface area (Å²) in [5.41, 5.74) is 3.35. The SMILES string of the molecule is CCCN(Cc1ccsc1)C(=O)c1ccc(C(C)(C)C)cc1. The highest BCUT2D eigenvalue weighted by molar-refractivity contribution is 7.07. The Bertz CT molecular complexity index is 593. The number of hydrogen-bond acceptors (Lipinski definition) is 2. The molecule has 3 heteroatoms. The van der Waals surface area contributed by atoms with Crippen LogP contribution in [-0.4, -0.2) is 17.4 Å². The molecule has 0 fully saturated rings. The van der Waals surface area contributed by atoms with Gasteiger partial charge in [0.25, 0.3) is 5.91 Å². The van der Waals surface area contributed by atoms with E-state index in [0.717, 1.165) is 18.5 Å². The summed E-state index contributed by atoms with van der Waals surface area (Å²) in [6, 6.07) is 10.1. The van der Waals surface area contributed by atoms with Gasteiger partial charge in [-0.1, -0.05) is 39.8 Å². The highest BCUT2D eigenvalue weighted by Crippen LogP contribution is 2.23. The molecule has 1 aromatic carbocycles. The first-order valence-electron chi connectivity index (χ1n) is 7.82. The van der Waals surface area contributed by atoms with Crippen LogP contribution in [-0.2, 0) is 12.0 Å². The lowest BCUT2D eigenvalue weighted by Gasteiger charge is -2.23. The maximum Gasteiger partial charge on any atom is 0.254 e. The first-order chi connectivity index (χ1) is 10.4. The molecule has 2 aromatic rings. The van der Waals surface area contributed by atoms with Crippen molar-refractivity contribution in [2.24, 2.45) is 0 Å². The van der Waals surface area contributed by atoms with Gasteiger partial charge < -0.3 is 4.90 Å². The number of carbonyl (C=O) groups excluding carboxylic acids is 1. The van der Waals surface area contributed by atoms with Gasteiger partial charge >= 0.3 is 0 Å². The van der Waals surface area contributed by atoms with Crippen LogP contribution in [0.4, 0.5) is 0 Å². The number of amides is 1. The van der Waals surface area contributed by atoms with Crippen molar-refractivity contribution in [3.63, 3.8) is 0 Å². The van der Waals surface area contributed by atoms with Crippen LogP contribution in [0.1, 0.15) is 55.6 Å². The Morgan fingerprint density at radius 2 is 1.82 bits per heavy atom. The van der Waals surface area contributed by atoms with E-state index in [0.29, 0.717) is 6.54 Å². The van der Waals surface area contributed by atoms with E-state index in [1.807, 2.05) is 17.0 Å². The van der Waals surface area contributed by atoms with Gasteiger partial charge in [0.2, 0.25) is 0 Å². The third-order valence-corrected chi connectivity index (χ3v) is 4.46. The van der Waals surface area contributed by atoms with Gasteiger partial charge in [0, 0.05) is 18.7 Å². The van der Waals surface area contributed by atoms with Crippen LogP contribution in [0.5, 0.6) is 0 Å². The summed E-state index contributed by atoms with van der Waals surface area (Å²) in [7, 11) is 0. The molecule has 0 aliphatic carbocycles. The molecule has 0 N–H and O–H groups in total. The fraction of sp³-hybridized carbons (Fsp3) is 0.421. The number of thiophene rings is 1. The third kappa shape index (κ3) is 4.20. The summed E-state index contributed by atoms with van der Waals surface area (Å²) >= 11 is 1.67. The van der Waals surface area contributed by atoms with Crippen molar-refractivity contribution in [2.75, 3.05) is 6.54 Å². The predicted octanol–water partition coefficient (Wildman–Crippen LogP) is 5.10. The number of nitrogens with zero attached hydrogens (tertiary/aromatic N) is 1. The molecule has 0 aliphatic heterocycles. The number of carbonyl (C=O) groups is 1. The minimum atomic E-state index is 0.112. The second-order valence-electron chi connectivity index (χ2n) is 6.69. The minimum Gasteiger partial charge on any atom is -0.334 e. The summed E-state index contributed by atoms with van der Waals surface area (Å²) in [5, 5.41) is 4.17. The second kappa shape index (κ2) is 7.10. The molecule has 1 heterocycles. The molecule has 0 bridgehead atoms. The highest BCUT2D eigenvalue weighted by atomic mass is 32.1. The maximum atomic E-state index is 12.8. The standard InChI is InChI=1S/C19H25NOS/c1-5-11-20(13-15-10-12-22-14-15)18(21)16-6-8-17(9-7-16)19(2,3)4/h6-10,12,14H,5,11,13H2,1-4H3. The van der Waals surface area contributed by atoms with Crippen molar-refractivity contribution in [1.82, 2.24) is 4.90 Å². The molecule has 0 saturated heterocycles. The molecular formula is C19H25NOS. The Morgan fingerprint density at radius 1 is 1.14 bits per heavy atom. The Labute approximate surface area is 137 Å². The maximum absolute atomic E-state index is 12.8. The van der Waals surface area contributed by atoms with Crippen LogP contribution < -0.4 is 0 Å². The summed E-state index contributed by atoms with van der Waals surface area (Å²) in [6.45, 7) is 10.1. The number of rotatable bonds is 5. The summed E-state index contributed by atoms with van der Waals surface area (Å²) in [6.07, 6.45) is 0.968. The molecule has 2 rings (SSSR count). The Kier molecular flexibility index (Phi) is 5.41. The van der Waals surface area contributed by atoms with E-state index >= 15 is 0 Å². The van der Waals surface area contributed by atoms with Gasteiger partial charge in [-0.15, -0.1) is 0 Å². The molecular weight excluding hydrogens is 290 g/mol. The summed E-state index contributed by atoms with van der Waals surface area (Å²) < 4.78 is 0. The number of benzene rings is 1. The average Bonchev–Trinajstić information content (AvgIpc) is 2.98. The molecule has 0 radical (unpaired) electrons. The molecule has 1 aromatic heterocycles. The zero-order valence-electron chi connectivity index (χ0n) is 13.9. The van der Waals surface area contributed by atoms with Crippen molar-refractivity contribution in [1.29, 1.82) is 0 Å². The largest absolute Gasteiger partial charge is 0.334 e. The lowest BCUT2D eigenvalue weighted by molar-refractivity contribution is 0.0743. The van der Waals surface area contributed by atoms with Crippen LogP contribution >= 0.6 is 11.3 Å². The van der Waals surface area contributed by atoms with E-state index in [9.17, 15) is 4.79 Å². The van der Waals surface area contributed by atoms with Crippen LogP contribution in [0.15, 0.2) is 41.1 Å². The van der Waals surface area contributed by atoms with Gasteiger partial charge in [0.05, 0.1) is 0 Å². The average molecular weight is 315 g/mol. The van der Waals surface area contributed by atoms with Crippen molar-refractivity contribution in [3.05, 3.63) is 57.8 Å². The zero-order chi connectivity index (χ0) is 16.2. The van der Waals surface area contributed by atoms with Crippen LogP contribution in [0.25, 0.3) is 0 Å². The van der Waals surface area contributed by atoms with Crippen LogP contribution in [0.2, 0.25) is 0 Å². The van der Waals surface area contributed by atoms with Crippen LogP contribution in [0, 0.1) is 0 Å². The third-order valence-electron chi connectivity index (χ3n) is 3.73. The fourth-order valence-electron chi connectivity index (χ4n) is 2.42. The van der Waals surface area contributed by atoms with E-state index in [2.05, 4.69) is 56.7 Å². The lowest BCUT2D eigenvalue weighted by Crippen LogP contribution is -2.31. The van der Waals surface area contributed by atoms with Crippen molar-refractivity contribution in [3.8, 4) is 0 Å². The van der Waals surface area contributed by atoms with Crippen molar-refractivity contribution in [2.45, 2.75) is 46.1 Å². The predicted molar refractivity (Wildman–Crippen MR) is 94.5 cm³/mol. The first kappa shape index (κ1) is 16.8. The Hall–Kier alpha value is -1.61. The molecule has 0 atom stereocenters.